The maximum atomic E-state index is 10.3. The number of carbonyl (C=O) groups is 1. The van der Waals surface area contributed by atoms with Gasteiger partial charge < -0.3 is 15.4 Å². The van der Waals surface area contributed by atoms with Gasteiger partial charge in [-0.25, -0.2) is 15.0 Å². The quantitative estimate of drug-likeness (QED) is 0.640. The van der Waals surface area contributed by atoms with Crippen LogP contribution in [0.1, 0.15) is 12.8 Å². The van der Waals surface area contributed by atoms with E-state index >= 15 is 0 Å². The minimum absolute atomic E-state index is 0.143. The normalized spacial score (nSPS) is 10.5. The lowest BCUT2D eigenvalue weighted by Crippen LogP contribution is -2.06. The largest absolute Gasteiger partial charge is 0.481 e. The van der Waals surface area contributed by atoms with Gasteiger partial charge in [0.15, 0.2) is 11.5 Å². The maximum Gasteiger partial charge on any atom is 0.303 e. The van der Waals surface area contributed by atoms with Crippen LogP contribution in [0.15, 0.2) is 12.7 Å². The summed E-state index contributed by atoms with van der Waals surface area (Å²) in [6.07, 6.45) is 3.66. The molecule has 2 rings (SSSR count). The zero-order chi connectivity index (χ0) is 11.4. The number of rotatable bonds is 5. The van der Waals surface area contributed by atoms with Gasteiger partial charge in [-0.05, 0) is 6.42 Å². The van der Waals surface area contributed by atoms with E-state index in [9.17, 15) is 4.79 Å². The van der Waals surface area contributed by atoms with Crippen molar-refractivity contribution in [3.05, 3.63) is 12.7 Å². The van der Waals surface area contributed by atoms with Crippen LogP contribution in [0, 0.1) is 0 Å². The Bertz CT molecular complexity index is 495. The molecule has 0 atom stereocenters. The molecule has 3 N–H and O–H groups in total. The third kappa shape index (κ3) is 2.25. The van der Waals surface area contributed by atoms with Crippen LogP contribution in [0.25, 0.3) is 11.2 Å². The Morgan fingerprint density at radius 1 is 1.44 bits per heavy atom. The Morgan fingerprint density at radius 2 is 2.31 bits per heavy atom. The van der Waals surface area contributed by atoms with E-state index in [2.05, 4.69) is 25.3 Å². The molecule has 0 amide bonds. The number of imidazole rings is 1. The number of nitrogens with zero attached hydrogens (tertiary/aromatic N) is 3. The van der Waals surface area contributed by atoms with Gasteiger partial charge in [-0.2, -0.15) is 0 Å². The number of anilines is 1. The van der Waals surface area contributed by atoms with E-state index in [0.717, 1.165) is 5.52 Å². The van der Waals surface area contributed by atoms with E-state index in [1.54, 1.807) is 6.33 Å². The first-order chi connectivity index (χ1) is 7.77. The molecule has 0 aliphatic rings. The van der Waals surface area contributed by atoms with Gasteiger partial charge >= 0.3 is 5.97 Å². The minimum atomic E-state index is -0.795. The molecule has 0 saturated heterocycles. The molecular formula is C9H11N5O2. The molecule has 0 radical (unpaired) electrons. The SMILES string of the molecule is O=C(O)CCCNc1ncnc2nc[nH]c12. The number of aromatic nitrogens is 4. The average molecular weight is 221 g/mol. The molecule has 84 valence electrons. The van der Waals surface area contributed by atoms with Crippen molar-refractivity contribution in [2.75, 3.05) is 11.9 Å². The molecule has 0 aliphatic carbocycles. The van der Waals surface area contributed by atoms with Crippen LogP contribution in [-0.4, -0.2) is 37.6 Å². The van der Waals surface area contributed by atoms with Crippen LogP contribution in [0.4, 0.5) is 5.82 Å². The Balaban J connectivity index is 1.98. The maximum absolute atomic E-state index is 10.3. The second kappa shape index (κ2) is 4.56. The topological polar surface area (TPSA) is 104 Å². The smallest absolute Gasteiger partial charge is 0.303 e. The number of aliphatic carboxylic acids is 1. The van der Waals surface area contributed by atoms with E-state index in [0.29, 0.717) is 24.4 Å². The molecular weight excluding hydrogens is 210 g/mol. The summed E-state index contributed by atoms with van der Waals surface area (Å²) in [5.74, 6) is -0.149. The lowest BCUT2D eigenvalue weighted by atomic mass is 10.3. The highest BCUT2D eigenvalue weighted by molar-refractivity contribution is 5.81. The third-order valence-corrected chi connectivity index (χ3v) is 2.08. The Morgan fingerprint density at radius 3 is 3.12 bits per heavy atom. The van der Waals surface area contributed by atoms with Crippen molar-refractivity contribution in [2.45, 2.75) is 12.8 Å². The summed E-state index contributed by atoms with van der Waals surface area (Å²) in [5, 5.41) is 11.5. The number of hydrogen-bond donors (Lipinski definition) is 3. The fourth-order valence-corrected chi connectivity index (χ4v) is 1.35. The molecule has 2 heterocycles. The van der Waals surface area contributed by atoms with Crippen molar-refractivity contribution < 1.29 is 9.90 Å². The van der Waals surface area contributed by atoms with E-state index in [1.807, 2.05) is 0 Å². The van der Waals surface area contributed by atoms with Crippen molar-refractivity contribution in [1.82, 2.24) is 19.9 Å². The summed E-state index contributed by atoms with van der Waals surface area (Å²) in [5.41, 5.74) is 1.33. The Labute approximate surface area is 90.9 Å². The number of carboxylic acid groups (broad SMARTS) is 1. The number of fused-ring (bicyclic) bond motifs is 1. The van der Waals surface area contributed by atoms with Gasteiger partial charge in [-0.3, -0.25) is 4.79 Å². The lowest BCUT2D eigenvalue weighted by molar-refractivity contribution is -0.137. The van der Waals surface area contributed by atoms with E-state index in [-0.39, 0.29) is 6.42 Å². The molecule has 2 aromatic rings. The van der Waals surface area contributed by atoms with Gasteiger partial charge in [-0.15, -0.1) is 0 Å². The average Bonchev–Trinajstić information content (AvgIpc) is 2.72. The van der Waals surface area contributed by atoms with Crippen molar-refractivity contribution in [1.29, 1.82) is 0 Å². The molecule has 0 saturated carbocycles. The highest BCUT2D eigenvalue weighted by atomic mass is 16.4. The Kier molecular flexibility index (Phi) is 2.95. The first kappa shape index (κ1) is 10.3. The van der Waals surface area contributed by atoms with Gasteiger partial charge in [0.25, 0.3) is 0 Å². The van der Waals surface area contributed by atoms with Gasteiger partial charge in [0.05, 0.1) is 6.33 Å². The molecule has 2 aromatic heterocycles. The van der Waals surface area contributed by atoms with Crippen molar-refractivity contribution in [3.63, 3.8) is 0 Å². The second-order valence-electron chi connectivity index (χ2n) is 3.25. The van der Waals surface area contributed by atoms with Crippen molar-refractivity contribution >= 4 is 23.0 Å². The summed E-state index contributed by atoms with van der Waals surface area (Å²) in [6.45, 7) is 0.553. The van der Waals surface area contributed by atoms with Crippen LogP contribution < -0.4 is 5.32 Å². The molecule has 7 heteroatoms. The third-order valence-electron chi connectivity index (χ3n) is 2.08. The number of nitrogens with one attached hydrogen (secondary N) is 2. The summed E-state index contributed by atoms with van der Waals surface area (Å²) in [7, 11) is 0. The van der Waals surface area contributed by atoms with Crippen molar-refractivity contribution in [2.24, 2.45) is 0 Å². The lowest BCUT2D eigenvalue weighted by Gasteiger charge is -2.04. The highest BCUT2D eigenvalue weighted by Gasteiger charge is 2.04. The summed E-state index contributed by atoms with van der Waals surface area (Å²) in [6, 6.07) is 0. The molecule has 0 aliphatic heterocycles. The predicted molar refractivity (Wildman–Crippen MR) is 57.0 cm³/mol. The Hall–Kier alpha value is -2.18. The number of hydrogen-bond acceptors (Lipinski definition) is 5. The fraction of sp³-hybridized carbons (Fsp3) is 0.333. The molecule has 16 heavy (non-hydrogen) atoms. The van der Waals surface area contributed by atoms with E-state index in [4.69, 9.17) is 5.11 Å². The first-order valence-corrected chi connectivity index (χ1v) is 4.87. The molecule has 0 unspecified atom stereocenters. The summed E-state index contributed by atoms with van der Waals surface area (Å²) >= 11 is 0. The number of H-pyrrole nitrogens is 1. The van der Waals surface area contributed by atoms with Crippen LogP contribution in [0.3, 0.4) is 0 Å². The molecule has 7 nitrogen and oxygen atoms in total. The molecule has 0 spiro atoms. The zero-order valence-corrected chi connectivity index (χ0v) is 8.47. The van der Waals surface area contributed by atoms with Crippen LogP contribution >= 0.6 is 0 Å². The monoisotopic (exact) mass is 221 g/mol. The van der Waals surface area contributed by atoms with Gasteiger partial charge in [0, 0.05) is 13.0 Å². The minimum Gasteiger partial charge on any atom is -0.481 e. The molecule has 0 aromatic carbocycles. The van der Waals surface area contributed by atoms with E-state index in [1.165, 1.54) is 6.33 Å². The predicted octanol–water partition coefficient (Wildman–Crippen LogP) is 0.630. The summed E-state index contributed by atoms with van der Waals surface area (Å²) < 4.78 is 0. The standard InChI is InChI=1S/C9H11N5O2/c15-6(16)2-1-3-10-8-7-9(12-4-11-7)14-5-13-8/h4-5H,1-3H2,(H,15,16)(H2,10,11,12,13,14). The summed E-state index contributed by atoms with van der Waals surface area (Å²) in [4.78, 5) is 25.3. The van der Waals surface area contributed by atoms with E-state index < -0.39 is 5.97 Å². The van der Waals surface area contributed by atoms with Gasteiger partial charge in [0.2, 0.25) is 0 Å². The van der Waals surface area contributed by atoms with Gasteiger partial charge in [0.1, 0.15) is 11.8 Å². The second-order valence-corrected chi connectivity index (χ2v) is 3.25. The van der Waals surface area contributed by atoms with Gasteiger partial charge in [-0.1, -0.05) is 0 Å². The van der Waals surface area contributed by atoms with Crippen molar-refractivity contribution in [3.8, 4) is 0 Å². The molecule has 0 fully saturated rings. The number of aromatic amines is 1. The number of carboxylic acids is 1. The first-order valence-electron chi connectivity index (χ1n) is 4.87. The van der Waals surface area contributed by atoms with Crippen LogP contribution in [0.5, 0.6) is 0 Å². The zero-order valence-electron chi connectivity index (χ0n) is 8.47. The van der Waals surface area contributed by atoms with Crippen LogP contribution in [-0.2, 0) is 4.79 Å². The fourth-order valence-electron chi connectivity index (χ4n) is 1.35. The highest BCUT2D eigenvalue weighted by Crippen LogP contribution is 2.13. The van der Waals surface area contributed by atoms with Crippen LogP contribution in [0.2, 0.25) is 0 Å². The molecule has 0 bridgehead atoms.